The molecule has 1 saturated heterocycles. The van der Waals surface area contributed by atoms with Gasteiger partial charge in [0.1, 0.15) is 5.75 Å². The second kappa shape index (κ2) is 8.32. The number of piperazine rings is 1. The van der Waals surface area contributed by atoms with Gasteiger partial charge in [0.2, 0.25) is 11.7 Å². The molecule has 4 aromatic rings. The first-order valence-electron chi connectivity index (χ1n) is 10.2. The molecule has 1 aliphatic heterocycles. The van der Waals surface area contributed by atoms with E-state index in [-0.39, 0.29) is 5.69 Å². The first kappa shape index (κ1) is 19.5. The first-order chi connectivity index (χ1) is 15.2. The van der Waals surface area contributed by atoms with Gasteiger partial charge in [0.05, 0.1) is 20.3 Å². The summed E-state index contributed by atoms with van der Waals surface area (Å²) in [6.45, 7) is 4.45. The Morgan fingerprint density at radius 1 is 1.03 bits per heavy atom. The van der Waals surface area contributed by atoms with Gasteiger partial charge < -0.3 is 9.26 Å². The van der Waals surface area contributed by atoms with Gasteiger partial charge in [-0.25, -0.2) is 4.79 Å². The number of aromatic nitrogens is 5. The van der Waals surface area contributed by atoms with Gasteiger partial charge in [0.15, 0.2) is 5.65 Å². The number of benzene rings is 1. The predicted octanol–water partition coefficient (Wildman–Crippen LogP) is 1.33. The normalized spacial score (nSPS) is 15.5. The number of methoxy groups -OCH3 is 1. The van der Waals surface area contributed by atoms with Crippen molar-refractivity contribution >= 4 is 5.65 Å². The highest BCUT2D eigenvalue weighted by molar-refractivity contribution is 5.55. The molecule has 1 aliphatic rings. The SMILES string of the molecule is COc1ccc(-c2noc(CN3CCN(Cn4nc5ccccn5c4=O)CC3)n2)cc1. The van der Waals surface area contributed by atoms with E-state index in [1.54, 1.807) is 17.7 Å². The average molecular weight is 421 g/mol. The topological polar surface area (TPSA) is 93.9 Å². The van der Waals surface area contributed by atoms with Gasteiger partial charge in [-0.05, 0) is 36.4 Å². The van der Waals surface area contributed by atoms with Crippen LogP contribution in [0.1, 0.15) is 5.89 Å². The molecule has 0 unspecified atom stereocenters. The van der Waals surface area contributed by atoms with E-state index < -0.39 is 0 Å². The van der Waals surface area contributed by atoms with E-state index in [0.29, 0.717) is 30.6 Å². The van der Waals surface area contributed by atoms with Crippen molar-refractivity contribution in [2.24, 2.45) is 0 Å². The van der Waals surface area contributed by atoms with Crippen LogP contribution >= 0.6 is 0 Å². The van der Waals surface area contributed by atoms with Crippen molar-refractivity contribution in [1.29, 1.82) is 0 Å². The molecule has 0 N–H and O–H groups in total. The van der Waals surface area contributed by atoms with Crippen LogP contribution in [0.2, 0.25) is 0 Å². The predicted molar refractivity (Wildman–Crippen MR) is 113 cm³/mol. The molecule has 0 atom stereocenters. The maximum atomic E-state index is 12.5. The highest BCUT2D eigenvalue weighted by Crippen LogP contribution is 2.20. The molecule has 0 amide bonds. The van der Waals surface area contributed by atoms with Crippen LogP contribution in [0.15, 0.2) is 58.0 Å². The lowest BCUT2D eigenvalue weighted by Crippen LogP contribution is -2.47. The molecule has 0 saturated carbocycles. The van der Waals surface area contributed by atoms with Crippen LogP contribution in [0.3, 0.4) is 0 Å². The van der Waals surface area contributed by atoms with E-state index in [2.05, 4.69) is 25.0 Å². The molecular formula is C21H23N7O3. The fraction of sp³-hybridized carbons (Fsp3) is 0.333. The van der Waals surface area contributed by atoms with Crippen molar-refractivity contribution < 1.29 is 9.26 Å². The Morgan fingerprint density at radius 3 is 2.55 bits per heavy atom. The van der Waals surface area contributed by atoms with Crippen LogP contribution in [0.4, 0.5) is 0 Å². The number of ether oxygens (including phenoxy) is 1. The Labute approximate surface area is 178 Å². The molecule has 10 nitrogen and oxygen atoms in total. The lowest BCUT2D eigenvalue weighted by Gasteiger charge is -2.33. The number of rotatable bonds is 6. The van der Waals surface area contributed by atoms with Crippen LogP contribution in [-0.2, 0) is 13.2 Å². The van der Waals surface area contributed by atoms with Crippen molar-refractivity contribution in [3.8, 4) is 17.1 Å². The molecule has 0 spiro atoms. The third-order valence-electron chi connectivity index (χ3n) is 5.46. The van der Waals surface area contributed by atoms with E-state index in [4.69, 9.17) is 9.26 Å². The van der Waals surface area contributed by atoms with Gasteiger partial charge in [-0.1, -0.05) is 11.2 Å². The molecule has 0 aliphatic carbocycles. The van der Waals surface area contributed by atoms with E-state index in [0.717, 1.165) is 37.5 Å². The van der Waals surface area contributed by atoms with Crippen molar-refractivity contribution in [3.05, 3.63) is 65.0 Å². The van der Waals surface area contributed by atoms with Crippen LogP contribution in [0.5, 0.6) is 5.75 Å². The number of pyridine rings is 1. The van der Waals surface area contributed by atoms with Crippen molar-refractivity contribution in [2.45, 2.75) is 13.2 Å². The number of fused-ring (bicyclic) bond motifs is 1. The summed E-state index contributed by atoms with van der Waals surface area (Å²) in [6, 6.07) is 13.1. The standard InChI is InChI=1S/C21H23N7O3/c1-30-17-7-5-16(6-8-17)20-22-19(31-24-20)14-25-10-12-26(13-11-25)15-28-21(29)27-9-3-2-4-18(27)23-28/h2-9H,10-15H2,1H3. The Bertz CT molecular complexity index is 1220. The van der Waals surface area contributed by atoms with Gasteiger partial charge in [0.25, 0.3) is 0 Å². The summed E-state index contributed by atoms with van der Waals surface area (Å²) < 4.78 is 13.7. The summed E-state index contributed by atoms with van der Waals surface area (Å²) in [5.74, 6) is 1.95. The zero-order valence-electron chi connectivity index (χ0n) is 17.2. The van der Waals surface area contributed by atoms with Crippen molar-refractivity contribution in [2.75, 3.05) is 33.3 Å². The number of hydrogen-bond donors (Lipinski definition) is 0. The van der Waals surface area contributed by atoms with Gasteiger partial charge >= 0.3 is 5.69 Å². The minimum atomic E-state index is -0.116. The summed E-state index contributed by atoms with van der Waals surface area (Å²) >= 11 is 0. The molecule has 160 valence electrons. The van der Waals surface area contributed by atoms with E-state index >= 15 is 0 Å². The van der Waals surface area contributed by atoms with Crippen LogP contribution in [-0.4, -0.2) is 67.4 Å². The quantitative estimate of drug-likeness (QED) is 0.460. The summed E-state index contributed by atoms with van der Waals surface area (Å²) in [5, 5.41) is 8.50. The Hall–Kier alpha value is -3.50. The number of nitrogens with zero attached hydrogens (tertiary/aromatic N) is 7. The van der Waals surface area contributed by atoms with Crippen LogP contribution in [0, 0.1) is 0 Å². The third kappa shape index (κ3) is 4.07. The Kier molecular flexibility index (Phi) is 5.23. The van der Waals surface area contributed by atoms with Gasteiger partial charge in [0, 0.05) is 37.9 Å². The minimum absolute atomic E-state index is 0.116. The minimum Gasteiger partial charge on any atom is -0.497 e. The molecule has 0 bridgehead atoms. The second-order valence-electron chi connectivity index (χ2n) is 7.49. The summed E-state index contributed by atoms with van der Waals surface area (Å²) in [5.41, 5.74) is 1.43. The monoisotopic (exact) mass is 421 g/mol. The fourth-order valence-corrected chi connectivity index (χ4v) is 3.71. The van der Waals surface area contributed by atoms with E-state index in [1.165, 1.54) is 4.68 Å². The molecule has 10 heteroatoms. The molecular weight excluding hydrogens is 398 g/mol. The van der Waals surface area contributed by atoms with Crippen molar-refractivity contribution in [1.82, 2.24) is 34.1 Å². The van der Waals surface area contributed by atoms with Gasteiger partial charge in [-0.15, -0.1) is 5.10 Å². The Balaban J connectivity index is 1.17. The highest BCUT2D eigenvalue weighted by atomic mass is 16.5. The molecule has 5 rings (SSSR count). The second-order valence-corrected chi connectivity index (χ2v) is 7.49. The van der Waals surface area contributed by atoms with Gasteiger partial charge in [-0.2, -0.15) is 9.67 Å². The smallest absolute Gasteiger partial charge is 0.351 e. The maximum Gasteiger partial charge on any atom is 0.351 e. The zero-order valence-corrected chi connectivity index (χ0v) is 17.2. The molecule has 31 heavy (non-hydrogen) atoms. The highest BCUT2D eigenvalue weighted by Gasteiger charge is 2.21. The van der Waals surface area contributed by atoms with Crippen molar-refractivity contribution in [3.63, 3.8) is 0 Å². The third-order valence-corrected chi connectivity index (χ3v) is 5.46. The number of hydrogen-bond acceptors (Lipinski definition) is 8. The lowest BCUT2D eigenvalue weighted by atomic mass is 10.2. The summed E-state index contributed by atoms with van der Waals surface area (Å²) in [4.78, 5) is 21.5. The first-order valence-corrected chi connectivity index (χ1v) is 10.2. The Morgan fingerprint density at radius 2 is 1.81 bits per heavy atom. The average Bonchev–Trinajstić information content (AvgIpc) is 3.40. The zero-order chi connectivity index (χ0) is 21.2. The molecule has 1 fully saturated rings. The van der Waals surface area contributed by atoms with E-state index in [9.17, 15) is 4.79 Å². The van der Waals surface area contributed by atoms with Crippen LogP contribution in [0.25, 0.3) is 17.0 Å². The fourth-order valence-electron chi connectivity index (χ4n) is 3.71. The summed E-state index contributed by atoms with van der Waals surface area (Å²) in [6.07, 6.45) is 1.74. The summed E-state index contributed by atoms with van der Waals surface area (Å²) in [7, 11) is 1.64. The van der Waals surface area contributed by atoms with E-state index in [1.807, 2.05) is 42.5 Å². The molecule has 0 radical (unpaired) electrons. The molecule has 1 aromatic carbocycles. The largest absolute Gasteiger partial charge is 0.497 e. The lowest BCUT2D eigenvalue weighted by molar-refractivity contribution is 0.0903. The van der Waals surface area contributed by atoms with Gasteiger partial charge in [-0.3, -0.25) is 14.2 Å². The van der Waals surface area contributed by atoms with Crippen LogP contribution < -0.4 is 10.4 Å². The molecule has 3 aromatic heterocycles. The molecule has 4 heterocycles. The maximum absolute atomic E-state index is 12.5.